The number of piperidine rings is 1. The van der Waals surface area contributed by atoms with Crippen molar-refractivity contribution in [2.24, 2.45) is 18.0 Å². The molecular weight excluding hydrogens is 358 g/mol. The van der Waals surface area contributed by atoms with E-state index in [0.29, 0.717) is 24.2 Å². The van der Waals surface area contributed by atoms with Crippen molar-refractivity contribution >= 4 is 37.5 Å². The second kappa shape index (κ2) is 6.66. The zero-order valence-corrected chi connectivity index (χ0v) is 16.6. The molecule has 1 aromatic heterocycles. The Balaban J connectivity index is 1.93. The van der Waals surface area contributed by atoms with Gasteiger partial charge in [-0.3, -0.25) is 4.79 Å². The highest BCUT2D eigenvalue weighted by Crippen LogP contribution is 2.22. The van der Waals surface area contributed by atoms with Gasteiger partial charge in [-0.1, -0.05) is 11.3 Å². The Bertz CT molecular complexity index is 1000. The van der Waals surface area contributed by atoms with Crippen LogP contribution in [0.1, 0.15) is 24.0 Å². The van der Waals surface area contributed by atoms with Crippen LogP contribution in [0.4, 0.5) is 0 Å². The minimum absolute atomic E-state index is 0.230. The Morgan fingerprint density at radius 2 is 1.96 bits per heavy atom. The molecule has 8 heteroatoms. The van der Waals surface area contributed by atoms with E-state index >= 15 is 0 Å². The number of amides is 1. The van der Waals surface area contributed by atoms with Gasteiger partial charge >= 0.3 is 0 Å². The molecule has 0 bridgehead atoms. The second-order valence-electron chi connectivity index (χ2n) is 6.76. The number of benzene rings is 1. The van der Waals surface area contributed by atoms with Crippen LogP contribution in [0, 0.1) is 19.8 Å². The first-order valence-electron chi connectivity index (χ1n) is 8.27. The van der Waals surface area contributed by atoms with Crippen LogP contribution in [0.25, 0.3) is 10.2 Å². The Kier molecular flexibility index (Phi) is 4.87. The van der Waals surface area contributed by atoms with E-state index in [4.69, 9.17) is 0 Å². The van der Waals surface area contributed by atoms with Crippen molar-refractivity contribution in [1.82, 2.24) is 8.87 Å². The van der Waals surface area contributed by atoms with Crippen molar-refractivity contribution in [2.45, 2.75) is 26.7 Å². The smallest absolute Gasteiger partial charge is 0.252 e. The molecule has 1 unspecified atom stereocenters. The van der Waals surface area contributed by atoms with E-state index < -0.39 is 10.0 Å². The minimum atomic E-state index is -3.27. The molecule has 2 heterocycles. The lowest BCUT2D eigenvalue weighted by molar-refractivity contribution is -0.122. The molecule has 3 rings (SSSR count). The molecule has 1 aliphatic rings. The molecule has 0 aliphatic carbocycles. The Morgan fingerprint density at radius 3 is 2.64 bits per heavy atom. The summed E-state index contributed by atoms with van der Waals surface area (Å²) in [6, 6.07) is 4.22. The van der Waals surface area contributed by atoms with Gasteiger partial charge in [-0.2, -0.15) is 4.99 Å². The number of carbonyl (C=O) groups is 1. The molecule has 25 heavy (non-hydrogen) atoms. The van der Waals surface area contributed by atoms with Crippen LogP contribution in [0.2, 0.25) is 0 Å². The summed E-state index contributed by atoms with van der Waals surface area (Å²) < 4.78 is 27.9. The van der Waals surface area contributed by atoms with Crippen LogP contribution >= 0.6 is 11.3 Å². The summed E-state index contributed by atoms with van der Waals surface area (Å²) >= 11 is 1.49. The molecule has 1 fully saturated rings. The zero-order chi connectivity index (χ0) is 18.4. The highest BCUT2D eigenvalue weighted by atomic mass is 32.2. The SMILES string of the molecule is Cc1cc2sc(=NC(=O)C3CCCN(S(C)(=O)=O)C3)n(C)c2cc1C. The fraction of sp³-hybridized carbons (Fsp3) is 0.529. The summed E-state index contributed by atoms with van der Waals surface area (Å²) in [5.41, 5.74) is 3.47. The van der Waals surface area contributed by atoms with E-state index in [1.54, 1.807) is 0 Å². The van der Waals surface area contributed by atoms with E-state index in [0.717, 1.165) is 10.2 Å². The Hall–Kier alpha value is -1.51. The molecule has 6 nitrogen and oxygen atoms in total. The predicted molar refractivity (Wildman–Crippen MR) is 100.0 cm³/mol. The first kappa shape index (κ1) is 18.3. The third kappa shape index (κ3) is 3.70. The number of sulfonamides is 1. The lowest BCUT2D eigenvalue weighted by Crippen LogP contribution is -2.41. The fourth-order valence-corrected chi connectivity index (χ4v) is 5.13. The second-order valence-corrected chi connectivity index (χ2v) is 9.75. The van der Waals surface area contributed by atoms with Crippen LogP contribution in [0.3, 0.4) is 0 Å². The molecule has 136 valence electrons. The number of hydrogen-bond acceptors (Lipinski definition) is 4. The molecule has 2 aromatic rings. The molecule has 1 aliphatic heterocycles. The van der Waals surface area contributed by atoms with Gasteiger partial charge in [0.1, 0.15) is 0 Å². The van der Waals surface area contributed by atoms with E-state index in [1.165, 1.54) is 33.0 Å². The molecule has 1 amide bonds. The maximum Gasteiger partial charge on any atom is 0.252 e. The normalized spacial score (nSPS) is 20.3. The van der Waals surface area contributed by atoms with Gasteiger partial charge in [-0.05, 0) is 49.9 Å². The number of fused-ring (bicyclic) bond motifs is 1. The molecule has 0 saturated carbocycles. The number of aryl methyl sites for hydroxylation is 3. The van der Waals surface area contributed by atoms with Crippen molar-refractivity contribution in [3.05, 3.63) is 28.1 Å². The van der Waals surface area contributed by atoms with Crippen molar-refractivity contribution in [1.29, 1.82) is 0 Å². The highest BCUT2D eigenvalue weighted by molar-refractivity contribution is 7.88. The number of hydrogen-bond donors (Lipinski definition) is 0. The van der Waals surface area contributed by atoms with Gasteiger partial charge in [0.25, 0.3) is 5.91 Å². The topological polar surface area (TPSA) is 71.7 Å². The average Bonchev–Trinajstić information content (AvgIpc) is 2.83. The number of carbonyl (C=O) groups excluding carboxylic acids is 1. The van der Waals surface area contributed by atoms with Crippen LogP contribution in [0.5, 0.6) is 0 Å². The van der Waals surface area contributed by atoms with Gasteiger partial charge in [0.15, 0.2) is 4.80 Å². The lowest BCUT2D eigenvalue weighted by atomic mass is 9.99. The quantitative estimate of drug-likeness (QED) is 0.798. The standard InChI is InChI=1S/C17H23N3O3S2/c1-11-8-14-15(9-12(11)2)24-17(19(14)3)18-16(21)13-6-5-7-20(10-13)25(4,22)23/h8-9,13H,5-7,10H2,1-4H3. The first-order valence-corrected chi connectivity index (χ1v) is 10.9. The summed E-state index contributed by atoms with van der Waals surface area (Å²) in [6.07, 6.45) is 2.56. The predicted octanol–water partition coefficient (Wildman–Crippen LogP) is 1.96. The van der Waals surface area contributed by atoms with E-state index in [9.17, 15) is 13.2 Å². The summed E-state index contributed by atoms with van der Waals surface area (Å²) in [6.45, 7) is 4.85. The monoisotopic (exact) mass is 381 g/mol. The number of nitrogens with zero attached hydrogens (tertiary/aromatic N) is 3. The third-order valence-corrected chi connectivity index (χ3v) is 7.20. The van der Waals surface area contributed by atoms with Crippen molar-refractivity contribution in [3.8, 4) is 0 Å². The summed E-state index contributed by atoms with van der Waals surface area (Å²) in [5.74, 6) is -0.596. The van der Waals surface area contributed by atoms with Gasteiger partial charge in [0.2, 0.25) is 10.0 Å². The molecule has 0 spiro atoms. The number of rotatable bonds is 2. The minimum Gasteiger partial charge on any atom is -0.319 e. The number of aromatic nitrogens is 1. The summed E-state index contributed by atoms with van der Waals surface area (Å²) in [7, 11) is -1.36. The van der Waals surface area contributed by atoms with Gasteiger partial charge in [-0.15, -0.1) is 0 Å². The van der Waals surface area contributed by atoms with Crippen LogP contribution in [-0.2, 0) is 21.9 Å². The maximum atomic E-state index is 12.6. The van der Waals surface area contributed by atoms with Gasteiger partial charge in [0, 0.05) is 20.1 Å². The van der Waals surface area contributed by atoms with Crippen LogP contribution in [-0.4, -0.2) is 42.5 Å². The van der Waals surface area contributed by atoms with Crippen LogP contribution in [0.15, 0.2) is 17.1 Å². The highest BCUT2D eigenvalue weighted by Gasteiger charge is 2.30. The van der Waals surface area contributed by atoms with E-state index in [2.05, 4.69) is 31.0 Å². The largest absolute Gasteiger partial charge is 0.319 e. The summed E-state index contributed by atoms with van der Waals surface area (Å²) in [5, 5.41) is 0. The van der Waals surface area contributed by atoms with Crippen molar-refractivity contribution in [3.63, 3.8) is 0 Å². The van der Waals surface area contributed by atoms with Gasteiger partial charge in [-0.25, -0.2) is 12.7 Å². The molecule has 0 N–H and O–H groups in total. The lowest BCUT2D eigenvalue weighted by Gasteiger charge is -2.28. The Morgan fingerprint density at radius 1 is 1.28 bits per heavy atom. The molecular formula is C17H23N3O3S2. The third-order valence-electron chi connectivity index (χ3n) is 4.83. The maximum absolute atomic E-state index is 12.6. The van der Waals surface area contributed by atoms with Crippen molar-refractivity contribution < 1.29 is 13.2 Å². The van der Waals surface area contributed by atoms with Gasteiger partial charge in [0.05, 0.1) is 22.4 Å². The first-order chi connectivity index (χ1) is 11.7. The molecule has 0 radical (unpaired) electrons. The Labute approximate surface area is 151 Å². The number of thiazole rings is 1. The zero-order valence-electron chi connectivity index (χ0n) is 14.9. The van der Waals surface area contributed by atoms with Gasteiger partial charge < -0.3 is 4.57 Å². The van der Waals surface area contributed by atoms with E-state index in [1.807, 2.05) is 11.6 Å². The summed E-state index contributed by atoms with van der Waals surface area (Å²) in [4.78, 5) is 17.6. The molecule has 1 saturated heterocycles. The molecule has 1 aromatic carbocycles. The van der Waals surface area contributed by atoms with E-state index in [-0.39, 0.29) is 18.4 Å². The van der Waals surface area contributed by atoms with Crippen LogP contribution < -0.4 is 4.80 Å². The average molecular weight is 382 g/mol. The fourth-order valence-electron chi connectivity index (χ4n) is 3.12. The van der Waals surface area contributed by atoms with Crippen molar-refractivity contribution in [2.75, 3.05) is 19.3 Å². The molecule has 1 atom stereocenters.